The van der Waals surface area contributed by atoms with E-state index in [0.717, 1.165) is 11.8 Å². The van der Waals surface area contributed by atoms with Gasteiger partial charge >= 0.3 is 0 Å². The van der Waals surface area contributed by atoms with Gasteiger partial charge in [-0.05, 0) is 69.6 Å². The van der Waals surface area contributed by atoms with Crippen molar-refractivity contribution in [2.24, 2.45) is 11.8 Å². The summed E-state index contributed by atoms with van der Waals surface area (Å²) in [6.45, 7) is 11.7. The second-order valence-corrected chi connectivity index (χ2v) is 7.42. The van der Waals surface area contributed by atoms with Gasteiger partial charge in [-0.1, -0.05) is 18.6 Å². The van der Waals surface area contributed by atoms with Crippen LogP contribution in [0.25, 0.3) is 0 Å². The predicted octanol–water partition coefficient (Wildman–Crippen LogP) is 4.22. The molecule has 21 heavy (non-hydrogen) atoms. The minimum Gasteiger partial charge on any atom is -0.381 e. The molecule has 0 amide bonds. The lowest BCUT2D eigenvalue weighted by Crippen LogP contribution is -2.56. The highest BCUT2D eigenvalue weighted by Crippen LogP contribution is 2.38. The fourth-order valence-electron chi connectivity index (χ4n) is 4.22. The number of aryl methyl sites for hydroxylation is 1. The van der Waals surface area contributed by atoms with Crippen LogP contribution in [0.5, 0.6) is 0 Å². The Labute approximate surface area is 129 Å². The van der Waals surface area contributed by atoms with Crippen molar-refractivity contribution < 1.29 is 0 Å². The summed E-state index contributed by atoms with van der Waals surface area (Å²) in [6.07, 6.45) is 4.21. The number of piperidine rings is 1. The van der Waals surface area contributed by atoms with Gasteiger partial charge in [0.05, 0.1) is 0 Å². The molecule has 1 aromatic rings. The van der Waals surface area contributed by atoms with Gasteiger partial charge in [-0.25, -0.2) is 0 Å². The molecule has 2 aliphatic rings. The van der Waals surface area contributed by atoms with Crippen LogP contribution in [0.15, 0.2) is 18.2 Å². The molecule has 2 fully saturated rings. The average molecular weight is 286 g/mol. The number of fused-ring (bicyclic) bond motifs is 2. The van der Waals surface area contributed by atoms with Crippen LogP contribution in [0.2, 0.25) is 0 Å². The number of nitrogens with zero attached hydrogens (tertiary/aromatic N) is 1. The van der Waals surface area contributed by atoms with Crippen LogP contribution in [0, 0.1) is 25.7 Å². The molecule has 1 N–H and O–H groups in total. The first-order valence-corrected chi connectivity index (χ1v) is 8.63. The SMILES string of the molecule is Cc1cccc(NC2C3CCCC2CN(C(C)C)C3)c1C. The number of hydrogen-bond acceptors (Lipinski definition) is 2. The zero-order valence-corrected chi connectivity index (χ0v) is 14.0. The lowest BCUT2D eigenvalue weighted by molar-refractivity contribution is 0.0518. The molecule has 2 nitrogen and oxygen atoms in total. The summed E-state index contributed by atoms with van der Waals surface area (Å²) >= 11 is 0. The van der Waals surface area contributed by atoms with Crippen LogP contribution >= 0.6 is 0 Å². The van der Waals surface area contributed by atoms with E-state index in [9.17, 15) is 0 Å². The Morgan fingerprint density at radius 1 is 1.10 bits per heavy atom. The molecular formula is C19H30N2. The van der Waals surface area contributed by atoms with Gasteiger partial charge in [-0.3, -0.25) is 0 Å². The van der Waals surface area contributed by atoms with Gasteiger partial charge in [0.15, 0.2) is 0 Å². The maximum Gasteiger partial charge on any atom is 0.0374 e. The maximum atomic E-state index is 3.92. The summed E-state index contributed by atoms with van der Waals surface area (Å²) in [5.74, 6) is 1.64. The Hall–Kier alpha value is -1.02. The van der Waals surface area contributed by atoms with Gasteiger partial charge < -0.3 is 10.2 Å². The maximum absolute atomic E-state index is 3.92. The van der Waals surface area contributed by atoms with Crippen molar-refractivity contribution in [2.45, 2.75) is 59.0 Å². The van der Waals surface area contributed by atoms with Crippen LogP contribution in [0.4, 0.5) is 5.69 Å². The number of hydrogen-bond donors (Lipinski definition) is 1. The van der Waals surface area contributed by atoms with Crippen LogP contribution < -0.4 is 5.32 Å². The number of rotatable bonds is 3. The van der Waals surface area contributed by atoms with Gasteiger partial charge in [0, 0.05) is 30.9 Å². The molecule has 1 saturated carbocycles. The highest BCUT2D eigenvalue weighted by molar-refractivity contribution is 5.54. The molecule has 2 unspecified atom stereocenters. The van der Waals surface area contributed by atoms with Crippen molar-refractivity contribution in [3.05, 3.63) is 29.3 Å². The van der Waals surface area contributed by atoms with Crippen molar-refractivity contribution in [3.63, 3.8) is 0 Å². The Kier molecular flexibility index (Phi) is 4.26. The molecule has 0 radical (unpaired) electrons. The molecule has 1 heterocycles. The quantitative estimate of drug-likeness (QED) is 0.895. The molecule has 0 spiro atoms. The Morgan fingerprint density at radius 3 is 2.38 bits per heavy atom. The molecule has 116 valence electrons. The van der Waals surface area contributed by atoms with E-state index in [1.165, 1.54) is 49.2 Å². The Bertz CT molecular complexity index is 480. The predicted molar refractivity (Wildman–Crippen MR) is 90.9 cm³/mol. The molecule has 3 rings (SSSR count). The minimum atomic E-state index is 0.675. The summed E-state index contributed by atoms with van der Waals surface area (Å²) in [5, 5.41) is 3.92. The third-order valence-electron chi connectivity index (χ3n) is 5.76. The Balaban J connectivity index is 1.78. The monoisotopic (exact) mass is 286 g/mol. The zero-order valence-electron chi connectivity index (χ0n) is 14.0. The summed E-state index contributed by atoms with van der Waals surface area (Å²) in [6, 6.07) is 8.02. The largest absolute Gasteiger partial charge is 0.381 e. The van der Waals surface area contributed by atoms with E-state index in [1.807, 2.05) is 0 Å². The highest BCUT2D eigenvalue weighted by Gasteiger charge is 2.40. The van der Waals surface area contributed by atoms with E-state index in [0.29, 0.717) is 12.1 Å². The zero-order chi connectivity index (χ0) is 15.0. The first-order valence-electron chi connectivity index (χ1n) is 8.63. The molecule has 2 bridgehead atoms. The van der Waals surface area contributed by atoms with Crippen LogP contribution in [0.1, 0.15) is 44.2 Å². The van der Waals surface area contributed by atoms with Gasteiger partial charge in [0.25, 0.3) is 0 Å². The van der Waals surface area contributed by atoms with Crippen LogP contribution in [-0.2, 0) is 0 Å². The molecular weight excluding hydrogens is 256 g/mol. The van der Waals surface area contributed by atoms with E-state index in [4.69, 9.17) is 0 Å². The molecule has 1 saturated heterocycles. The summed E-state index contributed by atoms with van der Waals surface area (Å²) in [7, 11) is 0. The lowest BCUT2D eigenvalue weighted by Gasteiger charge is -2.49. The topological polar surface area (TPSA) is 15.3 Å². The van der Waals surface area contributed by atoms with E-state index in [1.54, 1.807) is 0 Å². The lowest BCUT2D eigenvalue weighted by atomic mass is 9.73. The fourth-order valence-corrected chi connectivity index (χ4v) is 4.22. The van der Waals surface area contributed by atoms with Crippen molar-refractivity contribution >= 4 is 5.69 Å². The van der Waals surface area contributed by atoms with Crippen LogP contribution in [0.3, 0.4) is 0 Å². The van der Waals surface area contributed by atoms with Crippen LogP contribution in [-0.4, -0.2) is 30.1 Å². The summed E-state index contributed by atoms with van der Waals surface area (Å²) in [5.41, 5.74) is 4.17. The smallest absolute Gasteiger partial charge is 0.0374 e. The van der Waals surface area contributed by atoms with Crippen molar-refractivity contribution in [2.75, 3.05) is 18.4 Å². The normalized spacial score (nSPS) is 29.7. The first-order chi connectivity index (χ1) is 10.1. The van der Waals surface area contributed by atoms with Gasteiger partial charge in [-0.15, -0.1) is 0 Å². The standard InChI is InChI=1S/C19H30N2/c1-13(2)21-11-16-8-6-9-17(12-21)19(16)20-18-10-5-7-14(3)15(18)4/h5,7,10,13,16-17,19-20H,6,8-9,11-12H2,1-4H3. The third-order valence-corrected chi connectivity index (χ3v) is 5.76. The van der Waals surface area contributed by atoms with E-state index in [2.05, 4.69) is 56.1 Å². The summed E-state index contributed by atoms with van der Waals surface area (Å²) in [4.78, 5) is 2.69. The molecule has 1 aliphatic heterocycles. The molecule has 0 aromatic heterocycles. The van der Waals surface area contributed by atoms with E-state index in [-0.39, 0.29) is 0 Å². The van der Waals surface area contributed by atoms with Gasteiger partial charge in [0.1, 0.15) is 0 Å². The summed E-state index contributed by atoms with van der Waals surface area (Å²) < 4.78 is 0. The van der Waals surface area contributed by atoms with Gasteiger partial charge in [-0.2, -0.15) is 0 Å². The van der Waals surface area contributed by atoms with Gasteiger partial charge in [0.2, 0.25) is 0 Å². The molecule has 2 atom stereocenters. The van der Waals surface area contributed by atoms with Crippen molar-refractivity contribution in [1.29, 1.82) is 0 Å². The number of anilines is 1. The molecule has 1 aliphatic carbocycles. The fraction of sp³-hybridized carbons (Fsp3) is 0.684. The number of benzene rings is 1. The van der Waals surface area contributed by atoms with Crippen molar-refractivity contribution in [1.82, 2.24) is 4.90 Å². The second-order valence-electron chi connectivity index (χ2n) is 7.42. The molecule has 1 aromatic carbocycles. The van der Waals surface area contributed by atoms with E-state index >= 15 is 0 Å². The minimum absolute atomic E-state index is 0.675. The Morgan fingerprint density at radius 2 is 1.76 bits per heavy atom. The van der Waals surface area contributed by atoms with Crippen molar-refractivity contribution in [3.8, 4) is 0 Å². The average Bonchev–Trinajstić information content (AvgIpc) is 2.43. The first kappa shape index (κ1) is 14.9. The molecule has 2 heteroatoms. The third kappa shape index (κ3) is 2.96. The highest BCUT2D eigenvalue weighted by atomic mass is 15.2. The van der Waals surface area contributed by atoms with E-state index < -0.39 is 0 Å². The number of nitrogens with one attached hydrogen (secondary N) is 1. The number of likely N-dealkylation sites (tertiary alicyclic amines) is 1. The second kappa shape index (κ2) is 6.00.